The predicted octanol–water partition coefficient (Wildman–Crippen LogP) is 4.17. The summed E-state index contributed by atoms with van der Waals surface area (Å²) in [6.45, 7) is 7.11. The number of nitrogens with zero attached hydrogens (tertiary/aromatic N) is 1. The van der Waals surface area contributed by atoms with Crippen LogP contribution in [0.25, 0.3) is 10.9 Å². The number of hydrogen-bond donors (Lipinski definition) is 2. The van der Waals surface area contributed by atoms with E-state index >= 15 is 0 Å². The highest BCUT2D eigenvalue weighted by Crippen LogP contribution is 2.31. The molecular formula is C20H26BrN3O3. The van der Waals surface area contributed by atoms with Crippen molar-refractivity contribution in [3.8, 4) is 0 Å². The molecule has 1 atom stereocenters. The number of aromatic amines is 1. The molecule has 0 aliphatic carbocycles. The van der Waals surface area contributed by atoms with Crippen molar-refractivity contribution in [3.63, 3.8) is 0 Å². The fraction of sp³-hybridized carbons (Fsp3) is 0.500. The van der Waals surface area contributed by atoms with Crippen molar-refractivity contribution in [1.29, 1.82) is 0 Å². The van der Waals surface area contributed by atoms with Gasteiger partial charge in [-0.1, -0.05) is 22.9 Å². The van der Waals surface area contributed by atoms with Gasteiger partial charge in [-0.15, -0.1) is 0 Å². The first-order valence-electron chi connectivity index (χ1n) is 9.48. The Labute approximate surface area is 167 Å². The maximum Gasteiger partial charge on any atom is 0.356 e. The van der Waals surface area contributed by atoms with E-state index in [0.717, 1.165) is 35.0 Å². The predicted molar refractivity (Wildman–Crippen MR) is 110 cm³/mol. The summed E-state index contributed by atoms with van der Waals surface area (Å²) < 4.78 is 6.01. The van der Waals surface area contributed by atoms with Gasteiger partial charge in [0.2, 0.25) is 5.91 Å². The first-order chi connectivity index (χ1) is 13.0. The maximum absolute atomic E-state index is 12.6. The second-order valence-electron chi connectivity index (χ2n) is 7.13. The third-order valence-electron chi connectivity index (χ3n) is 4.90. The van der Waals surface area contributed by atoms with Crippen LogP contribution in [0.3, 0.4) is 0 Å². The molecule has 0 saturated carbocycles. The van der Waals surface area contributed by atoms with Gasteiger partial charge in [0.05, 0.1) is 12.3 Å². The van der Waals surface area contributed by atoms with Crippen LogP contribution in [0.5, 0.6) is 0 Å². The van der Waals surface area contributed by atoms with Crippen LogP contribution in [0.15, 0.2) is 22.7 Å². The number of carbonyl (C=O) groups is 2. The number of ether oxygens (including phenoxy) is 1. The van der Waals surface area contributed by atoms with E-state index in [1.165, 1.54) is 12.8 Å². The number of fused-ring (bicyclic) bond motifs is 1. The van der Waals surface area contributed by atoms with Gasteiger partial charge in [-0.25, -0.2) is 4.79 Å². The fourth-order valence-electron chi connectivity index (χ4n) is 3.60. The lowest BCUT2D eigenvalue weighted by Crippen LogP contribution is -2.36. The molecule has 1 amide bonds. The largest absolute Gasteiger partial charge is 0.461 e. The molecule has 1 aliphatic heterocycles. The van der Waals surface area contributed by atoms with Gasteiger partial charge in [0.15, 0.2) is 0 Å². The highest BCUT2D eigenvalue weighted by molar-refractivity contribution is 9.10. The zero-order valence-corrected chi connectivity index (χ0v) is 17.4. The van der Waals surface area contributed by atoms with Gasteiger partial charge in [0, 0.05) is 34.9 Å². The Morgan fingerprint density at radius 1 is 1.41 bits per heavy atom. The smallest absolute Gasteiger partial charge is 0.356 e. The van der Waals surface area contributed by atoms with E-state index in [4.69, 9.17) is 4.74 Å². The number of piperidine rings is 1. The number of aromatic nitrogens is 1. The minimum absolute atomic E-state index is 0.0975. The van der Waals surface area contributed by atoms with Crippen LogP contribution >= 0.6 is 15.9 Å². The number of benzene rings is 1. The number of esters is 1. The Bertz CT molecular complexity index is 833. The van der Waals surface area contributed by atoms with Gasteiger partial charge in [0.1, 0.15) is 5.69 Å². The van der Waals surface area contributed by atoms with Crippen molar-refractivity contribution >= 4 is 44.4 Å². The number of H-pyrrole nitrogens is 1. The summed E-state index contributed by atoms with van der Waals surface area (Å²) in [5.74, 6) is 0.118. The molecular weight excluding hydrogens is 410 g/mol. The zero-order chi connectivity index (χ0) is 19.4. The molecule has 2 heterocycles. The summed E-state index contributed by atoms with van der Waals surface area (Å²) in [6, 6.07) is 5.64. The van der Waals surface area contributed by atoms with Gasteiger partial charge >= 0.3 is 5.97 Å². The highest BCUT2D eigenvalue weighted by atomic mass is 79.9. The molecule has 1 aromatic carbocycles. The second-order valence-corrected chi connectivity index (χ2v) is 8.05. The van der Waals surface area contributed by atoms with Crippen molar-refractivity contribution in [2.75, 3.05) is 31.6 Å². The molecule has 1 aromatic heterocycles. The quantitative estimate of drug-likeness (QED) is 0.667. The molecule has 27 heavy (non-hydrogen) atoms. The van der Waals surface area contributed by atoms with Crippen molar-refractivity contribution < 1.29 is 14.3 Å². The molecule has 2 aromatic rings. The summed E-state index contributed by atoms with van der Waals surface area (Å²) in [4.78, 5) is 30.3. The number of hydrogen-bond acceptors (Lipinski definition) is 4. The summed E-state index contributed by atoms with van der Waals surface area (Å²) in [5, 5.41) is 3.72. The number of likely N-dealkylation sites (tertiary alicyclic amines) is 1. The monoisotopic (exact) mass is 435 g/mol. The topological polar surface area (TPSA) is 74.4 Å². The molecule has 3 rings (SSSR count). The lowest BCUT2D eigenvalue weighted by atomic mass is 10.0. The lowest BCUT2D eigenvalue weighted by Gasteiger charge is -2.30. The van der Waals surface area contributed by atoms with E-state index in [1.807, 2.05) is 18.2 Å². The average molecular weight is 436 g/mol. The van der Waals surface area contributed by atoms with Crippen LogP contribution in [0, 0.1) is 5.92 Å². The van der Waals surface area contributed by atoms with E-state index in [-0.39, 0.29) is 18.2 Å². The molecule has 1 aliphatic rings. The van der Waals surface area contributed by atoms with E-state index in [2.05, 4.69) is 38.1 Å². The molecule has 0 radical (unpaired) electrons. The molecule has 7 heteroatoms. The minimum Gasteiger partial charge on any atom is -0.461 e. The average Bonchev–Trinajstić information content (AvgIpc) is 2.98. The van der Waals surface area contributed by atoms with Gasteiger partial charge in [-0.3, -0.25) is 4.79 Å². The summed E-state index contributed by atoms with van der Waals surface area (Å²) in [6.07, 6.45) is 2.84. The number of nitrogens with one attached hydrogen (secondary N) is 2. The summed E-state index contributed by atoms with van der Waals surface area (Å²) in [5.41, 5.74) is 1.55. The first-order valence-corrected chi connectivity index (χ1v) is 10.3. The molecule has 146 valence electrons. The third kappa shape index (κ3) is 4.90. The fourth-order valence-corrected chi connectivity index (χ4v) is 3.96. The van der Waals surface area contributed by atoms with Crippen molar-refractivity contribution in [2.45, 2.75) is 33.1 Å². The van der Waals surface area contributed by atoms with E-state index in [0.29, 0.717) is 18.0 Å². The summed E-state index contributed by atoms with van der Waals surface area (Å²) in [7, 11) is 0. The van der Waals surface area contributed by atoms with Crippen LogP contribution in [0.4, 0.5) is 5.69 Å². The van der Waals surface area contributed by atoms with Crippen molar-refractivity contribution in [1.82, 2.24) is 9.88 Å². The van der Waals surface area contributed by atoms with E-state index in [1.54, 1.807) is 6.92 Å². The summed E-state index contributed by atoms with van der Waals surface area (Å²) >= 11 is 3.45. The van der Waals surface area contributed by atoms with Crippen LogP contribution in [-0.2, 0) is 9.53 Å². The van der Waals surface area contributed by atoms with Crippen molar-refractivity contribution in [3.05, 3.63) is 28.4 Å². The molecule has 6 nitrogen and oxygen atoms in total. The Morgan fingerprint density at radius 3 is 2.96 bits per heavy atom. The van der Waals surface area contributed by atoms with E-state index < -0.39 is 5.97 Å². The Hall–Kier alpha value is -1.86. The number of anilines is 1. The molecule has 0 bridgehead atoms. The standard InChI is InChI=1S/C20H26BrN3O3/c1-3-27-20(26)19-18(15-11-14(21)6-7-16(15)22-19)23-17(25)8-10-24-9-4-5-13(2)12-24/h6-7,11,13,22H,3-5,8-10,12H2,1-2H3,(H,23,25)/t13-/m1/s1. The SMILES string of the molecule is CCOC(=O)c1[nH]c2ccc(Br)cc2c1NC(=O)CCN1CCC[C@@H](C)C1. The molecule has 2 N–H and O–H groups in total. The highest BCUT2D eigenvalue weighted by Gasteiger charge is 2.22. The van der Waals surface area contributed by atoms with Crippen molar-refractivity contribution in [2.24, 2.45) is 5.92 Å². The molecule has 1 fully saturated rings. The molecule has 0 spiro atoms. The third-order valence-corrected chi connectivity index (χ3v) is 5.39. The van der Waals surface area contributed by atoms with Crippen LogP contribution in [-0.4, -0.2) is 48.0 Å². The van der Waals surface area contributed by atoms with E-state index in [9.17, 15) is 9.59 Å². The van der Waals surface area contributed by atoms with Gasteiger partial charge < -0.3 is 19.9 Å². The molecule has 1 saturated heterocycles. The Morgan fingerprint density at radius 2 is 2.22 bits per heavy atom. The van der Waals surface area contributed by atoms with Crippen LogP contribution in [0.1, 0.15) is 43.6 Å². The van der Waals surface area contributed by atoms with Gasteiger partial charge in [-0.2, -0.15) is 0 Å². The second kappa shape index (κ2) is 8.89. The lowest BCUT2D eigenvalue weighted by molar-refractivity contribution is -0.116. The number of carbonyl (C=O) groups excluding carboxylic acids is 2. The Balaban J connectivity index is 1.75. The number of halogens is 1. The van der Waals surface area contributed by atoms with Crippen LogP contribution < -0.4 is 5.32 Å². The van der Waals surface area contributed by atoms with Crippen LogP contribution in [0.2, 0.25) is 0 Å². The minimum atomic E-state index is -0.468. The number of amides is 1. The normalized spacial score (nSPS) is 17.8. The molecule has 0 unspecified atom stereocenters. The first kappa shape index (κ1) is 19.9. The van der Waals surface area contributed by atoms with Gasteiger partial charge in [-0.05, 0) is 50.4 Å². The maximum atomic E-state index is 12.6. The van der Waals surface area contributed by atoms with Gasteiger partial charge in [0.25, 0.3) is 0 Å². The number of rotatable bonds is 6. The Kier molecular flexibility index (Phi) is 6.55. The zero-order valence-electron chi connectivity index (χ0n) is 15.8.